The van der Waals surface area contributed by atoms with E-state index < -0.39 is 0 Å². The summed E-state index contributed by atoms with van der Waals surface area (Å²) in [6.45, 7) is 3.51. The lowest BCUT2D eigenvalue weighted by atomic mass is 10.1. The van der Waals surface area contributed by atoms with Crippen LogP contribution in [0, 0.1) is 0 Å². The first-order valence-electron chi connectivity index (χ1n) is 8.98. The van der Waals surface area contributed by atoms with Gasteiger partial charge in [0.1, 0.15) is 0 Å². The van der Waals surface area contributed by atoms with Gasteiger partial charge in [-0.2, -0.15) is 0 Å². The molecule has 1 aliphatic heterocycles. The minimum Gasteiger partial charge on any atom is -0.312 e. The van der Waals surface area contributed by atoms with Crippen molar-refractivity contribution in [2.45, 2.75) is 70.1 Å². The highest BCUT2D eigenvalue weighted by Gasteiger charge is 2.23. The molecular weight excluding hydrogens is 324 g/mol. The molecular formula is C17H26N4O2S. The second kappa shape index (κ2) is 7.59. The van der Waals surface area contributed by atoms with E-state index in [2.05, 4.69) is 11.9 Å². The summed E-state index contributed by atoms with van der Waals surface area (Å²) in [5.74, 6) is 0.943. The van der Waals surface area contributed by atoms with Gasteiger partial charge in [-0.15, -0.1) is 0 Å². The third kappa shape index (κ3) is 3.18. The maximum atomic E-state index is 12.8. The Balaban J connectivity index is 1.76. The topological polar surface area (TPSA) is 61.8 Å². The van der Waals surface area contributed by atoms with E-state index in [0.29, 0.717) is 17.7 Å². The number of nitrogens with zero attached hydrogens (tertiary/aromatic N) is 4. The van der Waals surface area contributed by atoms with Crippen LogP contribution in [0.15, 0.2) is 14.7 Å². The number of hydrogen-bond donors (Lipinski definition) is 0. The van der Waals surface area contributed by atoms with Gasteiger partial charge in [0.05, 0.1) is 0 Å². The van der Waals surface area contributed by atoms with Crippen LogP contribution in [-0.4, -0.2) is 24.4 Å². The lowest BCUT2D eigenvalue weighted by molar-refractivity contribution is 0.522. The summed E-state index contributed by atoms with van der Waals surface area (Å²) in [5, 5.41) is 0.853. The Bertz CT molecular complexity index is 834. The van der Waals surface area contributed by atoms with Gasteiger partial charge in [0.2, 0.25) is 0 Å². The van der Waals surface area contributed by atoms with Crippen molar-refractivity contribution in [1.29, 1.82) is 0 Å². The molecule has 3 rings (SSSR count). The molecule has 2 aromatic heterocycles. The monoisotopic (exact) mass is 350 g/mol. The maximum Gasteiger partial charge on any atom is 0.332 e. The zero-order chi connectivity index (χ0) is 17.1. The van der Waals surface area contributed by atoms with Gasteiger partial charge in [-0.05, 0) is 6.42 Å². The smallest absolute Gasteiger partial charge is 0.312 e. The molecule has 0 spiro atoms. The van der Waals surface area contributed by atoms with E-state index in [-0.39, 0.29) is 11.2 Å². The Morgan fingerprint density at radius 3 is 2.54 bits per heavy atom. The Kier molecular flexibility index (Phi) is 5.48. The van der Waals surface area contributed by atoms with Crippen molar-refractivity contribution in [3.8, 4) is 0 Å². The third-order valence-electron chi connectivity index (χ3n) is 4.73. The van der Waals surface area contributed by atoms with Crippen LogP contribution in [0.4, 0.5) is 0 Å². The quantitative estimate of drug-likeness (QED) is 0.687. The van der Waals surface area contributed by atoms with Gasteiger partial charge < -0.3 is 4.57 Å². The van der Waals surface area contributed by atoms with Crippen LogP contribution in [0.25, 0.3) is 11.2 Å². The highest BCUT2D eigenvalue weighted by Crippen LogP contribution is 2.27. The van der Waals surface area contributed by atoms with E-state index in [1.807, 2.05) is 4.57 Å². The summed E-state index contributed by atoms with van der Waals surface area (Å²) < 4.78 is 4.87. The van der Waals surface area contributed by atoms with Crippen LogP contribution in [0.3, 0.4) is 0 Å². The highest BCUT2D eigenvalue weighted by molar-refractivity contribution is 7.99. The van der Waals surface area contributed by atoms with Gasteiger partial charge in [0, 0.05) is 25.9 Å². The number of unbranched alkanes of at least 4 members (excludes halogenated alkanes) is 6. The lowest BCUT2D eigenvalue weighted by Gasteiger charge is -2.09. The SMILES string of the molecule is CCCCCCCCCn1c(=O)c2c(nc3n2CCS3)n(C)c1=O. The lowest BCUT2D eigenvalue weighted by Crippen LogP contribution is -2.39. The largest absolute Gasteiger partial charge is 0.332 e. The summed E-state index contributed by atoms with van der Waals surface area (Å²) in [4.78, 5) is 29.8. The van der Waals surface area contributed by atoms with Crippen LogP contribution in [0.5, 0.6) is 0 Å². The zero-order valence-electron chi connectivity index (χ0n) is 14.6. The summed E-state index contributed by atoms with van der Waals surface area (Å²) in [6, 6.07) is 0. The average Bonchev–Trinajstić information content (AvgIpc) is 3.15. The fourth-order valence-electron chi connectivity index (χ4n) is 3.32. The minimum atomic E-state index is -0.250. The second-order valence-corrected chi connectivity index (χ2v) is 7.55. The van der Waals surface area contributed by atoms with Gasteiger partial charge >= 0.3 is 5.69 Å². The molecule has 0 bridgehead atoms. The highest BCUT2D eigenvalue weighted by atomic mass is 32.2. The molecule has 0 fully saturated rings. The van der Waals surface area contributed by atoms with Crippen LogP contribution in [-0.2, 0) is 20.1 Å². The van der Waals surface area contributed by atoms with Gasteiger partial charge in [0.25, 0.3) is 5.56 Å². The first-order valence-corrected chi connectivity index (χ1v) is 9.96. The molecule has 0 aliphatic carbocycles. The molecule has 6 nitrogen and oxygen atoms in total. The molecule has 0 N–H and O–H groups in total. The fraction of sp³-hybridized carbons (Fsp3) is 0.706. The molecule has 3 heterocycles. The van der Waals surface area contributed by atoms with E-state index in [1.165, 1.54) is 41.2 Å². The number of thioether (sulfide) groups is 1. The van der Waals surface area contributed by atoms with Crippen molar-refractivity contribution in [2.24, 2.45) is 7.05 Å². The standard InChI is InChI=1S/C17H26N4O2S/c1-3-4-5-6-7-8-9-10-21-15(22)13-14(19(2)17(21)23)18-16-20(13)11-12-24-16/h3-12H2,1-2H3. The molecule has 0 saturated heterocycles. The van der Waals surface area contributed by atoms with E-state index in [0.717, 1.165) is 30.3 Å². The predicted octanol–water partition coefficient (Wildman–Crippen LogP) is 2.75. The number of rotatable bonds is 8. The van der Waals surface area contributed by atoms with E-state index in [1.54, 1.807) is 18.8 Å². The normalized spacial score (nSPS) is 13.8. The van der Waals surface area contributed by atoms with Crippen molar-refractivity contribution in [3.63, 3.8) is 0 Å². The summed E-state index contributed by atoms with van der Waals surface area (Å²) in [6.07, 6.45) is 8.19. The van der Waals surface area contributed by atoms with Crippen molar-refractivity contribution in [3.05, 3.63) is 20.8 Å². The average molecular weight is 350 g/mol. The number of imidazole rings is 1. The summed E-state index contributed by atoms with van der Waals surface area (Å²) >= 11 is 1.64. The number of aryl methyl sites for hydroxylation is 2. The molecule has 0 amide bonds. The van der Waals surface area contributed by atoms with Gasteiger partial charge in [-0.25, -0.2) is 9.78 Å². The number of hydrogen-bond acceptors (Lipinski definition) is 4. The van der Waals surface area contributed by atoms with Crippen LogP contribution < -0.4 is 11.2 Å². The van der Waals surface area contributed by atoms with Crippen molar-refractivity contribution in [2.75, 3.05) is 5.75 Å². The minimum absolute atomic E-state index is 0.180. The van der Waals surface area contributed by atoms with Crippen LogP contribution in [0.2, 0.25) is 0 Å². The molecule has 0 atom stereocenters. The molecule has 7 heteroatoms. The fourth-order valence-corrected chi connectivity index (χ4v) is 4.27. The Morgan fingerprint density at radius 2 is 1.79 bits per heavy atom. The van der Waals surface area contributed by atoms with Gasteiger partial charge in [-0.3, -0.25) is 13.9 Å². The van der Waals surface area contributed by atoms with E-state index in [9.17, 15) is 9.59 Å². The molecule has 0 saturated carbocycles. The number of fused-ring (bicyclic) bond motifs is 3. The van der Waals surface area contributed by atoms with Crippen LogP contribution in [0.1, 0.15) is 51.9 Å². The van der Waals surface area contributed by atoms with Gasteiger partial charge in [0.15, 0.2) is 16.3 Å². The van der Waals surface area contributed by atoms with Gasteiger partial charge in [-0.1, -0.05) is 57.2 Å². The molecule has 2 aromatic rings. The molecule has 0 aromatic carbocycles. The first kappa shape index (κ1) is 17.3. The molecule has 0 radical (unpaired) electrons. The van der Waals surface area contributed by atoms with E-state index in [4.69, 9.17) is 0 Å². The Hall–Kier alpha value is -1.50. The van der Waals surface area contributed by atoms with Crippen molar-refractivity contribution >= 4 is 22.9 Å². The first-order chi connectivity index (χ1) is 11.6. The Morgan fingerprint density at radius 1 is 1.08 bits per heavy atom. The summed E-state index contributed by atoms with van der Waals surface area (Å²) in [7, 11) is 1.71. The molecule has 132 valence electrons. The van der Waals surface area contributed by atoms with Crippen molar-refractivity contribution < 1.29 is 0 Å². The molecule has 0 unspecified atom stereocenters. The molecule has 24 heavy (non-hydrogen) atoms. The predicted molar refractivity (Wildman–Crippen MR) is 98.0 cm³/mol. The van der Waals surface area contributed by atoms with E-state index >= 15 is 0 Å². The van der Waals surface area contributed by atoms with Crippen LogP contribution >= 0.6 is 11.8 Å². The Labute approximate surface area is 145 Å². The third-order valence-corrected chi connectivity index (χ3v) is 5.69. The number of aromatic nitrogens is 4. The second-order valence-electron chi connectivity index (χ2n) is 6.49. The van der Waals surface area contributed by atoms with Crippen molar-refractivity contribution in [1.82, 2.24) is 18.7 Å². The summed E-state index contributed by atoms with van der Waals surface area (Å²) in [5.41, 5.74) is 0.670. The molecule has 1 aliphatic rings. The maximum absolute atomic E-state index is 12.8. The zero-order valence-corrected chi connectivity index (χ0v) is 15.4.